The van der Waals surface area contributed by atoms with E-state index < -0.39 is 11.6 Å². The van der Waals surface area contributed by atoms with E-state index in [4.69, 9.17) is 9.84 Å². The summed E-state index contributed by atoms with van der Waals surface area (Å²) in [5.41, 5.74) is -0.711. The van der Waals surface area contributed by atoms with Gasteiger partial charge in [0.15, 0.2) is 5.60 Å². The van der Waals surface area contributed by atoms with Gasteiger partial charge in [-0.1, -0.05) is 6.07 Å². The summed E-state index contributed by atoms with van der Waals surface area (Å²) >= 11 is 0. The molecule has 1 aromatic carbocycles. The molecule has 0 amide bonds. The van der Waals surface area contributed by atoms with Crippen molar-refractivity contribution in [2.24, 2.45) is 0 Å². The molecule has 4 heteroatoms. The fourth-order valence-electron chi connectivity index (χ4n) is 1.39. The molecule has 88 valence electrons. The molecule has 1 unspecified atom stereocenters. The third-order valence-electron chi connectivity index (χ3n) is 2.45. The standard InChI is InChI=1S/C12H16O4/c1-4-16-10-6-5-9(7-8(10)2)12(3,15)11(13)14/h5-7,15H,4H2,1-3H3,(H,13,14). The minimum absolute atomic E-state index is 0.348. The molecule has 0 heterocycles. The molecular formula is C12H16O4. The van der Waals surface area contributed by atoms with Gasteiger partial charge in [0.05, 0.1) is 6.61 Å². The molecule has 1 aromatic rings. The zero-order chi connectivity index (χ0) is 12.3. The third kappa shape index (κ3) is 2.33. The summed E-state index contributed by atoms with van der Waals surface area (Å²) in [5, 5.41) is 18.6. The maximum Gasteiger partial charge on any atom is 0.340 e. The monoisotopic (exact) mass is 224 g/mol. The fraction of sp³-hybridized carbons (Fsp3) is 0.417. The minimum atomic E-state index is -1.87. The smallest absolute Gasteiger partial charge is 0.340 e. The van der Waals surface area contributed by atoms with Crippen LogP contribution in [0.25, 0.3) is 0 Å². The lowest BCUT2D eigenvalue weighted by molar-refractivity contribution is -0.157. The van der Waals surface area contributed by atoms with E-state index in [1.54, 1.807) is 18.2 Å². The number of carboxylic acids is 1. The van der Waals surface area contributed by atoms with Gasteiger partial charge < -0.3 is 14.9 Å². The number of carboxylic acid groups (broad SMARTS) is 1. The van der Waals surface area contributed by atoms with Crippen molar-refractivity contribution in [2.45, 2.75) is 26.4 Å². The predicted molar refractivity (Wildman–Crippen MR) is 59.6 cm³/mol. The van der Waals surface area contributed by atoms with Gasteiger partial charge in [0.25, 0.3) is 0 Å². The maximum absolute atomic E-state index is 10.9. The quantitative estimate of drug-likeness (QED) is 0.816. The first-order valence-electron chi connectivity index (χ1n) is 5.09. The average molecular weight is 224 g/mol. The summed E-state index contributed by atoms with van der Waals surface area (Å²) in [6.45, 7) is 5.49. The summed E-state index contributed by atoms with van der Waals surface area (Å²) in [5.74, 6) is -0.566. The molecule has 0 aliphatic heterocycles. The Bertz CT molecular complexity index is 396. The van der Waals surface area contributed by atoms with Crippen molar-refractivity contribution < 1.29 is 19.7 Å². The highest BCUT2D eigenvalue weighted by Crippen LogP contribution is 2.26. The Balaban J connectivity index is 3.10. The average Bonchev–Trinajstić information content (AvgIpc) is 2.21. The van der Waals surface area contributed by atoms with Crippen LogP contribution in [0.5, 0.6) is 5.75 Å². The zero-order valence-electron chi connectivity index (χ0n) is 9.65. The number of aliphatic carboxylic acids is 1. The van der Waals surface area contributed by atoms with Crippen LogP contribution < -0.4 is 4.74 Å². The maximum atomic E-state index is 10.9. The van der Waals surface area contributed by atoms with Crippen molar-refractivity contribution in [2.75, 3.05) is 6.61 Å². The van der Waals surface area contributed by atoms with Crippen LogP contribution in [0.1, 0.15) is 25.0 Å². The molecule has 16 heavy (non-hydrogen) atoms. The summed E-state index contributed by atoms with van der Waals surface area (Å²) in [6, 6.07) is 4.86. The van der Waals surface area contributed by atoms with Crippen molar-refractivity contribution in [3.63, 3.8) is 0 Å². The molecule has 0 saturated carbocycles. The summed E-state index contributed by atoms with van der Waals surface area (Å²) in [7, 11) is 0. The first-order chi connectivity index (χ1) is 7.39. The Morgan fingerprint density at radius 3 is 2.56 bits per heavy atom. The van der Waals surface area contributed by atoms with Gasteiger partial charge in [0.2, 0.25) is 0 Å². The number of ether oxygens (including phenoxy) is 1. The second-order valence-electron chi connectivity index (χ2n) is 3.79. The zero-order valence-corrected chi connectivity index (χ0v) is 9.65. The van der Waals surface area contributed by atoms with E-state index in [1.807, 2.05) is 13.8 Å². The second kappa shape index (κ2) is 4.53. The molecule has 0 radical (unpaired) electrons. The van der Waals surface area contributed by atoms with Gasteiger partial charge in [-0.3, -0.25) is 0 Å². The van der Waals surface area contributed by atoms with E-state index in [-0.39, 0.29) is 0 Å². The second-order valence-corrected chi connectivity index (χ2v) is 3.79. The van der Waals surface area contributed by atoms with Crippen molar-refractivity contribution in [3.8, 4) is 5.75 Å². The van der Waals surface area contributed by atoms with Gasteiger partial charge in [-0.15, -0.1) is 0 Å². The normalized spacial score (nSPS) is 14.2. The van der Waals surface area contributed by atoms with E-state index in [0.29, 0.717) is 17.9 Å². The number of aliphatic hydroxyl groups is 1. The van der Waals surface area contributed by atoms with Crippen LogP contribution in [-0.4, -0.2) is 22.8 Å². The lowest BCUT2D eigenvalue weighted by Crippen LogP contribution is -2.31. The van der Waals surface area contributed by atoms with Crippen molar-refractivity contribution in [1.29, 1.82) is 0 Å². The Kier molecular flexibility index (Phi) is 3.55. The fourth-order valence-corrected chi connectivity index (χ4v) is 1.39. The molecule has 1 atom stereocenters. The number of aryl methyl sites for hydroxylation is 1. The van der Waals surface area contributed by atoms with Crippen LogP contribution in [0, 0.1) is 6.92 Å². The predicted octanol–water partition coefficient (Wildman–Crippen LogP) is 1.69. The highest BCUT2D eigenvalue weighted by molar-refractivity contribution is 5.78. The van der Waals surface area contributed by atoms with Gasteiger partial charge in [0.1, 0.15) is 5.75 Å². The summed E-state index contributed by atoms with van der Waals surface area (Å²) in [6.07, 6.45) is 0. The molecule has 0 aromatic heterocycles. The van der Waals surface area contributed by atoms with E-state index in [9.17, 15) is 9.90 Å². The van der Waals surface area contributed by atoms with E-state index in [2.05, 4.69) is 0 Å². The minimum Gasteiger partial charge on any atom is -0.494 e. The topological polar surface area (TPSA) is 66.8 Å². The Morgan fingerprint density at radius 1 is 1.50 bits per heavy atom. The van der Waals surface area contributed by atoms with Gasteiger partial charge in [-0.25, -0.2) is 4.79 Å². The van der Waals surface area contributed by atoms with Gasteiger partial charge in [0, 0.05) is 0 Å². The van der Waals surface area contributed by atoms with Crippen LogP contribution in [0.3, 0.4) is 0 Å². The number of hydrogen-bond donors (Lipinski definition) is 2. The molecule has 0 spiro atoms. The molecular weight excluding hydrogens is 208 g/mol. The first-order valence-corrected chi connectivity index (χ1v) is 5.09. The molecule has 0 fully saturated rings. The number of carbonyl (C=O) groups is 1. The number of benzene rings is 1. The van der Waals surface area contributed by atoms with Crippen molar-refractivity contribution >= 4 is 5.97 Å². The van der Waals surface area contributed by atoms with E-state index in [0.717, 1.165) is 5.56 Å². The Labute approximate surface area is 94.5 Å². The van der Waals surface area contributed by atoms with Crippen LogP contribution in [0.4, 0.5) is 0 Å². The van der Waals surface area contributed by atoms with E-state index >= 15 is 0 Å². The lowest BCUT2D eigenvalue weighted by Gasteiger charge is -2.19. The van der Waals surface area contributed by atoms with Crippen LogP contribution in [-0.2, 0) is 10.4 Å². The molecule has 0 aliphatic rings. The summed E-state index contributed by atoms with van der Waals surface area (Å²) in [4.78, 5) is 10.9. The highest BCUT2D eigenvalue weighted by atomic mass is 16.5. The molecule has 2 N–H and O–H groups in total. The molecule has 0 saturated heterocycles. The number of rotatable bonds is 4. The van der Waals surface area contributed by atoms with Gasteiger partial charge >= 0.3 is 5.97 Å². The Hall–Kier alpha value is -1.55. The molecule has 1 rings (SSSR count). The molecule has 4 nitrogen and oxygen atoms in total. The largest absolute Gasteiger partial charge is 0.494 e. The Morgan fingerprint density at radius 2 is 2.12 bits per heavy atom. The third-order valence-corrected chi connectivity index (χ3v) is 2.45. The summed E-state index contributed by atoms with van der Waals surface area (Å²) < 4.78 is 5.34. The highest BCUT2D eigenvalue weighted by Gasteiger charge is 2.32. The SMILES string of the molecule is CCOc1ccc(C(C)(O)C(=O)O)cc1C. The first kappa shape index (κ1) is 12.5. The van der Waals surface area contributed by atoms with Crippen LogP contribution in [0.15, 0.2) is 18.2 Å². The van der Waals surface area contributed by atoms with Crippen LogP contribution in [0.2, 0.25) is 0 Å². The van der Waals surface area contributed by atoms with Crippen molar-refractivity contribution in [3.05, 3.63) is 29.3 Å². The molecule has 0 bridgehead atoms. The van der Waals surface area contributed by atoms with Gasteiger partial charge in [-0.05, 0) is 44.0 Å². The van der Waals surface area contributed by atoms with Crippen LogP contribution >= 0.6 is 0 Å². The van der Waals surface area contributed by atoms with E-state index in [1.165, 1.54) is 6.92 Å². The molecule has 0 aliphatic carbocycles. The van der Waals surface area contributed by atoms with Gasteiger partial charge in [-0.2, -0.15) is 0 Å². The lowest BCUT2D eigenvalue weighted by atomic mass is 9.94. The number of hydrogen-bond acceptors (Lipinski definition) is 3. The van der Waals surface area contributed by atoms with Crippen molar-refractivity contribution in [1.82, 2.24) is 0 Å².